The minimum Gasteiger partial charge on any atom is -0.452 e. The molecule has 1 atom stereocenters. The summed E-state index contributed by atoms with van der Waals surface area (Å²) < 4.78 is 10.3. The van der Waals surface area contributed by atoms with Gasteiger partial charge in [0, 0.05) is 23.2 Å². The summed E-state index contributed by atoms with van der Waals surface area (Å²) in [6.45, 7) is 0.806. The first-order valence-electron chi connectivity index (χ1n) is 6.56. The summed E-state index contributed by atoms with van der Waals surface area (Å²) in [5.74, 6) is -1.02. The Bertz CT molecular complexity index is 509. The van der Waals surface area contributed by atoms with Gasteiger partial charge in [-0.3, -0.25) is 4.79 Å². The van der Waals surface area contributed by atoms with Crippen molar-refractivity contribution in [1.82, 2.24) is 5.32 Å². The monoisotopic (exact) mass is 331 g/mol. The maximum absolute atomic E-state index is 11.8. The predicted octanol–water partition coefficient (Wildman–Crippen LogP) is 2.45. The molecule has 7 heteroatoms. The molecule has 0 spiro atoms. The molecule has 0 unspecified atom stereocenters. The Kier molecular flexibility index (Phi) is 5.85. The van der Waals surface area contributed by atoms with Crippen molar-refractivity contribution in [2.75, 3.05) is 19.8 Å². The Morgan fingerprint density at radius 2 is 2.00 bits per heavy atom. The van der Waals surface area contributed by atoms with E-state index in [1.807, 2.05) is 0 Å². The van der Waals surface area contributed by atoms with Gasteiger partial charge in [0.15, 0.2) is 6.61 Å². The van der Waals surface area contributed by atoms with Crippen LogP contribution in [-0.4, -0.2) is 37.7 Å². The molecular weight excluding hydrogens is 317 g/mol. The zero-order valence-corrected chi connectivity index (χ0v) is 12.7. The zero-order chi connectivity index (χ0) is 15.2. The molecule has 1 saturated heterocycles. The maximum atomic E-state index is 11.8. The Morgan fingerprint density at radius 3 is 2.62 bits per heavy atom. The molecular formula is C14H15Cl2NO4. The van der Waals surface area contributed by atoms with Crippen LogP contribution in [-0.2, 0) is 14.3 Å². The molecule has 0 saturated carbocycles. The predicted molar refractivity (Wildman–Crippen MR) is 78.7 cm³/mol. The lowest BCUT2D eigenvalue weighted by atomic mass is 10.2. The van der Waals surface area contributed by atoms with E-state index in [-0.39, 0.29) is 24.2 Å². The number of benzene rings is 1. The average molecular weight is 332 g/mol. The summed E-state index contributed by atoms with van der Waals surface area (Å²) in [4.78, 5) is 23.3. The summed E-state index contributed by atoms with van der Waals surface area (Å²) in [7, 11) is 0. The van der Waals surface area contributed by atoms with Gasteiger partial charge >= 0.3 is 5.97 Å². The van der Waals surface area contributed by atoms with Crippen molar-refractivity contribution in [3.05, 3.63) is 33.8 Å². The summed E-state index contributed by atoms with van der Waals surface area (Å²) in [5.41, 5.74) is 0.208. The van der Waals surface area contributed by atoms with E-state index in [1.165, 1.54) is 18.2 Å². The van der Waals surface area contributed by atoms with E-state index in [1.54, 1.807) is 0 Å². The lowest BCUT2D eigenvalue weighted by molar-refractivity contribution is -0.124. The maximum Gasteiger partial charge on any atom is 0.338 e. The van der Waals surface area contributed by atoms with Gasteiger partial charge in [0.2, 0.25) is 0 Å². The van der Waals surface area contributed by atoms with Crippen LogP contribution in [0.25, 0.3) is 0 Å². The number of hydrogen-bond donors (Lipinski definition) is 1. The number of hydrogen-bond acceptors (Lipinski definition) is 4. The van der Waals surface area contributed by atoms with Gasteiger partial charge in [-0.05, 0) is 31.0 Å². The summed E-state index contributed by atoms with van der Waals surface area (Å²) in [6.07, 6.45) is 1.99. The third-order valence-corrected chi connectivity index (χ3v) is 3.42. The van der Waals surface area contributed by atoms with Gasteiger partial charge in [0.05, 0.1) is 11.7 Å². The van der Waals surface area contributed by atoms with Gasteiger partial charge in [0.25, 0.3) is 5.91 Å². The second-order valence-corrected chi connectivity index (χ2v) is 5.55. The molecule has 21 heavy (non-hydrogen) atoms. The average Bonchev–Trinajstić information content (AvgIpc) is 2.94. The summed E-state index contributed by atoms with van der Waals surface area (Å²) in [6, 6.07) is 4.37. The standard InChI is InChI=1S/C14H15Cl2NO4/c15-10-4-9(5-11(16)6-10)14(19)21-8-13(18)17-7-12-2-1-3-20-12/h4-6,12H,1-3,7-8H2,(H,17,18)/t12-/m1/s1. The molecule has 1 aromatic carbocycles. The van der Waals surface area contributed by atoms with E-state index in [9.17, 15) is 9.59 Å². The van der Waals surface area contributed by atoms with Crippen molar-refractivity contribution >= 4 is 35.1 Å². The molecule has 1 amide bonds. The van der Waals surface area contributed by atoms with Crippen molar-refractivity contribution in [2.24, 2.45) is 0 Å². The first-order valence-corrected chi connectivity index (χ1v) is 7.31. The summed E-state index contributed by atoms with van der Waals surface area (Å²) >= 11 is 11.6. The first-order chi connectivity index (χ1) is 10.0. The van der Waals surface area contributed by atoms with Crippen LogP contribution in [0.5, 0.6) is 0 Å². The van der Waals surface area contributed by atoms with E-state index in [2.05, 4.69) is 5.32 Å². The molecule has 1 aliphatic rings. The van der Waals surface area contributed by atoms with Gasteiger partial charge in [-0.1, -0.05) is 23.2 Å². The highest BCUT2D eigenvalue weighted by Crippen LogP contribution is 2.19. The SMILES string of the molecule is O=C(COC(=O)c1cc(Cl)cc(Cl)c1)NC[C@H]1CCCO1. The fourth-order valence-electron chi connectivity index (χ4n) is 1.97. The molecule has 0 radical (unpaired) electrons. The number of carbonyl (C=O) groups is 2. The smallest absolute Gasteiger partial charge is 0.338 e. The third kappa shape index (κ3) is 5.19. The molecule has 0 aromatic heterocycles. The highest BCUT2D eigenvalue weighted by atomic mass is 35.5. The topological polar surface area (TPSA) is 64.6 Å². The fourth-order valence-corrected chi connectivity index (χ4v) is 2.50. The van der Waals surface area contributed by atoms with E-state index in [0.29, 0.717) is 16.6 Å². The van der Waals surface area contributed by atoms with E-state index >= 15 is 0 Å². The molecule has 2 rings (SSSR count). The molecule has 114 valence electrons. The molecule has 1 heterocycles. The zero-order valence-electron chi connectivity index (χ0n) is 11.2. The largest absolute Gasteiger partial charge is 0.452 e. The van der Waals surface area contributed by atoms with Crippen LogP contribution < -0.4 is 5.32 Å². The highest BCUT2D eigenvalue weighted by Gasteiger charge is 2.17. The number of rotatable bonds is 5. The van der Waals surface area contributed by atoms with E-state index < -0.39 is 5.97 Å². The number of ether oxygens (including phenoxy) is 2. The quantitative estimate of drug-likeness (QED) is 0.841. The highest BCUT2D eigenvalue weighted by molar-refractivity contribution is 6.35. The number of nitrogens with one attached hydrogen (secondary N) is 1. The van der Waals surface area contributed by atoms with Crippen molar-refractivity contribution in [3.8, 4) is 0 Å². The van der Waals surface area contributed by atoms with Crippen molar-refractivity contribution in [3.63, 3.8) is 0 Å². The Morgan fingerprint density at radius 1 is 1.29 bits per heavy atom. The molecule has 1 fully saturated rings. The molecule has 0 aliphatic carbocycles. The van der Waals surface area contributed by atoms with Gasteiger partial charge in [0.1, 0.15) is 0 Å². The van der Waals surface area contributed by atoms with Crippen molar-refractivity contribution < 1.29 is 19.1 Å². The van der Waals surface area contributed by atoms with Crippen LogP contribution in [0.4, 0.5) is 0 Å². The lowest BCUT2D eigenvalue weighted by Gasteiger charge is -2.11. The molecule has 1 N–H and O–H groups in total. The van der Waals surface area contributed by atoms with Crippen LogP contribution in [0.1, 0.15) is 23.2 Å². The Hall–Kier alpha value is -1.30. The van der Waals surface area contributed by atoms with E-state index in [0.717, 1.165) is 19.4 Å². The molecule has 5 nitrogen and oxygen atoms in total. The second-order valence-electron chi connectivity index (χ2n) is 4.67. The van der Waals surface area contributed by atoms with Gasteiger partial charge in [-0.25, -0.2) is 4.79 Å². The lowest BCUT2D eigenvalue weighted by Crippen LogP contribution is -2.34. The molecule has 0 bridgehead atoms. The van der Waals surface area contributed by atoms with Crippen LogP contribution in [0.2, 0.25) is 10.0 Å². The fraction of sp³-hybridized carbons (Fsp3) is 0.429. The number of esters is 1. The second kappa shape index (κ2) is 7.64. The van der Waals surface area contributed by atoms with Crippen LogP contribution >= 0.6 is 23.2 Å². The van der Waals surface area contributed by atoms with Crippen molar-refractivity contribution in [1.29, 1.82) is 0 Å². The number of carbonyl (C=O) groups excluding carboxylic acids is 2. The number of amides is 1. The van der Waals surface area contributed by atoms with Gasteiger partial charge in [-0.15, -0.1) is 0 Å². The third-order valence-electron chi connectivity index (χ3n) is 2.98. The minimum atomic E-state index is -0.647. The Labute approximate surface area is 132 Å². The number of halogens is 2. The first kappa shape index (κ1) is 16.1. The van der Waals surface area contributed by atoms with Gasteiger partial charge < -0.3 is 14.8 Å². The van der Waals surface area contributed by atoms with Crippen LogP contribution in [0.15, 0.2) is 18.2 Å². The molecule has 1 aliphatic heterocycles. The minimum absolute atomic E-state index is 0.0522. The van der Waals surface area contributed by atoms with Crippen LogP contribution in [0.3, 0.4) is 0 Å². The Balaban J connectivity index is 1.76. The molecule has 1 aromatic rings. The van der Waals surface area contributed by atoms with Crippen LogP contribution in [0, 0.1) is 0 Å². The van der Waals surface area contributed by atoms with Gasteiger partial charge in [-0.2, -0.15) is 0 Å². The summed E-state index contributed by atoms with van der Waals surface area (Å²) in [5, 5.41) is 3.32. The van der Waals surface area contributed by atoms with E-state index in [4.69, 9.17) is 32.7 Å². The van der Waals surface area contributed by atoms with Crippen molar-refractivity contribution in [2.45, 2.75) is 18.9 Å². The normalized spacial score (nSPS) is 17.5.